The Labute approximate surface area is 85.8 Å². The smallest absolute Gasteiger partial charge is 0.154 e. The van der Waals surface area contributed by atoms with Gasteiger partial charge < -0.3 is 9.47 Å². The van der Waals surface area contributed by atoms with Crippen LogP contribution in [0.25, 0.3) is 0 Å². The van der Waals surface area contributed by atoms with Crippen LogP contribution in [0.2, 0.25) is 0 Å². The fraction of sp³-hybridized carbons (Fsp3) is 0.500. The summed E-state index contributed by atoms with van der Waals surface area (Å²) in [4.78, 5) is 0. The Morgan fingerprint density at radius 3 is 1.93 bits per heavy atom. The molecule has 14 heavy (non-hydrogen) atoms. The third-order valence-electron chi connectivity index (χ3n) is 1.93. The SMILES string of the molecule is CC1OCCCO1.Cc1ccccc1. The van der Waals surface area contributed by atoms with Crippen molar-refractivity contribution in [2.24, 2.45) is 0 Å². The molecular weight excluding hydrogens is 176 g/mol. The van der Waals surface area contributed by atoms with Crippen LogP contribution in [0, 0.1) is 6.92 Å². The molecule has 1 aliphatic heterocycles. The van der Waals surface area contributed by atoms with Crippen LogP contribution in [-0.2, 0) is 9.47 Å². The first kappa shape index (κ1) is 11.2. The fourth-order valence-corrected chi connectivity index (χ4v) is 1.14. The van der Waals surface area contributed by atoms with E-state index >= 15 is 0 Å². The van der Waals surface area contributed by atoms with Crippen molar-refractivity contribution in [2.75, 3.05) is 13.2 Å². The average molecular weight is 194 g/mol. The predicted octanol–water partition coefficient (Wildman–Crippen LogP) is 2.76. The lowest BCUT2D eigenvalue weighted by atomic mass is 10.2. The Balaban J connectivity index is 0.000000140. The van der Waals surface area contributed by atoms with Crippen molar-refractivity contribution in [2.45, 2.75) is 26.6 Å². The van der Waals surface area contributed by atoms with Gasteiger partial charge in [-0.1, -0.05) is 35.9 Å². The van der Waals surface area contributed by atoms with E-state index in [1.54, 1.807) is 0 Å². The highest BCUT2D eigenvalue weighted by atomic mass is 16.7. The molecule has 0 unspecified atom stereocenters. The normalized spacial score (nSPS) is 17.0. The van der Waals surface area contributed by atoms with E-state index in [0.717, 1.165) is 19.6 Å². The van der Waals surface area contributed by atoms with Crippen molar-refractivity contribution in [3.05, 3.63) is 35.9 Å². The lowest BCUT2D eigenvalue weighted by molar-refractivity contribution is -0.167. The summed E-state index contributed by atoms with van der Waals surface area (Å²) in [6, 6.07) is 10.3. The highest BCUT2D eigenvalue weighted by molar-refractivity contribution is 5.11. The molecule has 0 N–H and O–H groups in total. The van der Waals surface area contributed by atoms with Gasteiger partial charge >= 0.3 is 0 Å². The number of ether oxygens (including phenoxy) is 2. The minimum atomic E-state index is 0.0359. The van der Waals surface area contributed by atoms with Gasteiger partial charge in [-0.3, -0.25) is 0 Å². The van der Waals surface area contributed by atoms with E-state index in [4.69, 9.17) is 9.47 Å². The zero-order valence-electron chi connectivity index (χ0n) is 8.90. The Morgan fingerprint density at radius 1 is 1.07 bits per heavy atom. The summed E-state index contributed by atoms with van der Waals surface area (Å²) in [5, 5.41) is 0. The standard InChI is InChI=1S/C7H8.C5H10O2/c1-7-5-3-2-4-6-7;1-5-6-3-2-4-7-5/h2-6H,1H3;5H,2-4H2,1H3. The van der Waals surface area contributed by atoms with Gasteiger partial charge in [-0.15, -0.1) is 0 Å². The second-order valence-electron chi connectivity index (χ2n) is 3.32. The van der Waals surface area contributed by atoms with Crippen LogP contribution in [-0.4, -0.2) is 19.5 Å². The molecule has 0 spiro atoms. The molecule has 1 saturated heterocycles. The van der Waals surface area contributed by atoms with Crippen LogP contribution >= 0.6 is 0 Å². The Kier molecular flexibility index (Phi) is 5.27. The quantitative estimate of drug-likeness (QED) is 0.632. The monoisotopic (exact) mass is 194 g/mol. The van der Waals surface area contributed by atoms with Crippen molar-refractivity contribution < 1.29 is 9.47 Å². The molecule has 1 aromatic rings. The predicted molar refractivity (Wildman–Crippen MR) is 57.2 cm³/mol. The van der Waals surface area contributed by atoms with Gasteiger partial charge in [-0.05, 0) is 20.3 Å². The molecule has 0 aromatic heterocycles. The van der Waals surface area contributed by atoms with Crippen molar-refractivity contribution in [1.82, 2.24) is 0 Å². The first-order valence-electron chi connectivity index (χ1n) is 5.04. The molecule has 78 valence electrons. The number of hydrogen-bond acceptors (Lipinski definition) is 2. The molecule has 0 aliphatic carbocycles. The summed E-state index contributed by atoms with van der Waals surface area (Å²) in [6.45, 7) is 5.72. The molecule has 1 fully saturated rings. The average Bonchev–Trinajstić information content (AvgIpc) is 2.21. The molecule has 0 bridgehead atoms. The first-order valence-corrected chi connectivity index (χ1v) is 5.04. The molecule has 2 rings (SSSR count). The number of hydrogen-bond donors (Lipinski definition) is 0. The van der Waals surface area contributed by atoms with Crippen LogP contribution in [0.4, 0.5) is 0 Å². The molecule has 2 heteroatoms. The van der Waals surface area contributed by atoms with Gasteiger partial charge in [0.2, 0.25) is 0 Å². The summed E-state index contributed by atoms with van der Waals surface area (Å²) >= 11 is 0. The maximum atomic E-state index is 5.06. The Hall–Kier alpha value is -0.860. The van der Waals surface area contributed by atoms with Gasteiger partial charge in [-0.25, -0.2) is 0 Å². The summed E-state index contributed by atoms with van der Waals surface area (Å²) in [7, 11) is 0. The van der Waals surface area contributed by atoms with Gasteiger partial charge in [-0.2, -0.15) is 0 Å². The highest BCUT2D eigenvalue weighted by Gasteiger charge is 2.05. The molecule has 0 radical (unpaired) electrons. The van der Waals surface area contributed by atoms with Gasteiger partial charge in [0.15, 0.2) is 6.29 Å². The molecule has 2 nitrogen and oxygen atoms in total. The molecule has 0 saturated carbocycles. The number of benzene rings is 1. The molecule has 0 amide bonds. The van der Waals surface area contributed by atoms with E-state index < -0.39 is 0 Å². The molecule has 1 aliphatic rings. The molecular formula is C12H18O2. The number of aryl methyl sites for hydroxylation is 1. The van der Waals surface area contributed by atoms with Gasteiger partial charge in [0.1, 0.15) is 0 Å². The van der Waals surface area contributed by atoms with Crippen LogP contribution in [0.5, 0.6) is 0 Å². The van der Waals surface area contributed by atoms with E-state index in [1.165, 1.54) is 5.56 Å². The molecule has 0 atom stereocenters. The first-order chi connectivity index (χ1) is 6.79. The van der Waals surface area contributed by atoms with Crippen LogP contribution in [0.3, 0.4) is 0 Å². The zero-order chi connectivity index (χ0) is 10.2. The third-order valence-corrected chi connectivity index (χ3v) is 1.93. The van der Waals surface area contributed by atoms with Crippen LogP contribution in [0.15, 0.2) is 30.3 Å². The molecule has 1 aromatic carbocycles. The fourth-order valence-electron chi connectivity index (χ4n) is 1.14. The summed E-state index contributed by atoms with van der Waals surface area (Å²) in [6.07, 6.45) is 1.08. The lowest BCUT2D eigenvalue weighted by Crippen LogP contribution is -2.21. The topological polar surface area (TPSA) is 18.5 Å². The second-order valence-corrected chi connectivity index (χ2v) is 3.32. The van der Waals surface area contributed by atoms with E-state index in [0.29, 0.717) is 0 Å². The van der Waals surface area contributed by atoms with Crippen molar-refractivity contribution in [3.63, 3.8) is 0 Å². The molecule has 1 heterocycles. The summed E-state index contributed by atoms with van der Waals surface area (Å²) in [5.41, 5.74) is 1.32. The van der Waals surface area contributed by atoms with Crippen molar-refractivity contribution in [1.29, 1.82) is 0 Å². The van der Waals surface area contributed by atoms with Crippen LogP contribution < -0.4 is 0 Å². The summed E-state index contributed by atoms with van der Waals surface area (Å²) < 4.78 is 10.1. The zero-order valence-corrected chi connectivity index (χ0v) is 8.90. The van der Waals surface area contributed by atoms with E-state index in [9.17, 15) is 0 Å². The second kappa shape index (κ2) is 6.57. The van der Waals surface area contributed by atoms with E-state index in [2.05, 4.69) is 19.1 Å². The van der Waals surface area contributed by atoms with Crippen molar-refractivity contribution in [3.8, 4) is 0 Å². The lowest BCUT2D eigenvalue weighted by Gasteiger charge is -2.18. The van der Waals surface area contributed by atoms with Gasteiger partial charge in [0, 0.05) is 0 Å². The Morgan fingerprint density at radius 2 is 1.64 bits per heavy atom. The minimum Gasteiger partial charge on any atom is -0.353 e. The van der Waals surface area contributed by atoms with Gasteiger partial charge in [0.05, 0.1) is 13.2 Å². The van der Waals surface area contributed by atoms with E-state index in [-0.39, 0.29) is 6.29 Å². The largest absolute Gasteiger partial charge is 0.353 e. The number of rotatable bonds is 0. The maximum Gasteiger partial charge on any atom is 0.154 e. The maximum absolute atomic E-state index is 5.06. The van der Waals surface area contributed by atoms with Gasteiger partial charge in [0.25, 0.3) is 0 Å². The third kappa shape index (κ3) is 5.00. The van der Waals surface area contributed by atoms with E-state index in [1.807, 2.05) is 25.1 Å². The highest BCUT2D eigenvalue weighted by Crippen LogP contribution is 2.01. The Bertz CT molecular complexity index is 227. The summed E-state index contributed by atoms with van der Waals surface area (Å²) in [5.74, 6) is 0. The minimum absolute atomic E-state index is 0.0359. The van der Waals surface area contributed by atoms with Crippen LogP contribution in [0.1, 0.15) is 18.9 Å². The van der Waals surface area contributed by atoms with Crippen molar-refractivity contribution >= 4 is 0 Å².